The SMILES string of the molecule is C[C@@H](Sc1nnc(-c2ccco2)o1)C(=O)N1CCCc2ccccc21. The summed E-state index contributed by atoms with van der Waals surface area (Å²) >= 11 is 1.26. The van der Waals surface area contributed by atoms with E-state index in [9.17, 15) is 4.79 Å². The summed E-state index contributed by atoms with van der Waals surface area (Å²) in [5, 5.41) is 8.00. The van der Waals surface area contributed by atoms with Crippen LogP contribution in [0.25, 0.3) is 11.7 Å². The van der Waals surface area contributed by atoms with Gasteiger partial charge in [0.15, 0.2) is 5.76 Å². The van der Waals surface area contributed by atoms with Crippen LogP contribution in [0.3, 0.4) is 0 Å². The number of thioether (sulfide) groups is 1. The Labute approximate surface area is 149 Å². The molecule has 0 bridgehead atoms. The number of benzene rings is 1. The summed E-state index contributed by atoms with van der Waals surface area (Å²) < 4.78 is 10.8. The molecule has 0 radical (unpaired) electrons. The number of rotatable bonds is 4. The van der Waals surface area contributed by atoms with Crippen LogP contribution in [0, 0.1) is 0 Å². The fraction of sp³-hybridized carbons (Fsp3) is 0.278. The van der Waals surface area contributed by atoms with Gasteiger partial charge in [-0.2, -0.15) is 0 Å². The fourth-order valence-corrected chi connectivity index (χ4v) is 3.69. The van der Waals surface area contributed by atoms with E-state index >= 15 is 0 Å². The third-order valence-corrected chi connectivity index (χ3v) is 5.06. The van der Waals surface area contributed by atoms with Crippen LogP contribution in [0.2, 0.25) is 0 Å². The van der Waals surface area contributed by atoms with Crippen LogP contribution in [0.1, 0.15) is 18.9 Å². The van der Waals surface area contributed by atoms with Gasteiger partial charge < -0.3 is 13.7 Å². The number of aryl methyl sites for hydroxylation is 1. The van der Waals surface area contributed by atoms with E-state index in [4.69, 9.17) is 8.83 Å². The number of carbonyl (C=O) groups excluding carboxylic acids is 1. The Morgan fingerprint density at radius 3 is 2.96 bits per heavy atom. The molecule has 1 amide bonds. The van der Waals surface area contributed by atoms with Crippen molar-refractivity contribution in [3.63, 3.8) is 0 Å². The lowest BCUT2D eigenvalue weighted by molar-refractivity contribution is -0.117. The van der Waals surface area contributed by atoms with Gasteiger partial charge in [-0.1, -0.05) is 30.0 Å². The lowest BCUT2D eigenvalue weighted by atomic mass is 10.0. The normalized spacial score (nSPS) is 15.0. The second kappa shape index (κ2) is 6.76. The topological polar surface area (TPSA) is 72.4 Å². The molecule has 25 heavy (non-hydrogen) atoms. The molecule has 1 aromatic carbocycles. The smallest absolute Gasteiger partial charge is 0.284 e. The Bertz CT molecular complexity index is 875. The number of amides is 1. The summed E-state index contributed by atoms with van der Waals surface area (Å²) in [5.74, 6) is 0.883. The minimum Gasteiger partial charge on any atom is -0.459 e. The van der Waals surface area contributed by atoms with Gasteiger partial charge in [-0.05, 0) is 43.5 Å². The molecule has 128 valence electrons. The van der Waals surface area contributed by atoms with Crippen molar-refractivity contribution in [1.82, 2.24) is 10.2 Å². The summed E-state index contributed by atoms with van der Waals surface area (Å²) in [6.07, 6.45) is 3.54. The standard InChI is InChI=1S/C18H17N3O3S/c1-12(25-18-20-19-16(24-18)15-9-5-11-23-15)17(22)21-10-4-7-13-6-2-3-8-14(13)21/h2-3,5-6,8-9,11-12H,4,7,10H2,1H3/t12-/m1/s1. The molecule has 0 spiro atoms. The average molecular weight is 355 g/mol. The second-order valence-electron chi connectivity index (χ2n) is 5.83. The second-order valence-corrected chi connectivity index (χ2v) is 7.12. The van der Waals surface area contributed by atoms with E-state index in [0.29, 0.717) is 16.9 Å². The molecule has 7 heteroatoms. The van der Waals surface area contributed by atoms with Gasteiger partial charge in [-0.15, -0.1) is 10.2 Å². The maximum absolute atomic E-state index is 12.9. The van der Waals surface area contributed by atoms with Crippen LogP contribution in [0.4, 0.5) is 5.69 Å². The molecule has 4 rings (SSSR count). The fourth-order valence-electron chi connectivity index (χ4n) is 2.94. The molecule has 0 aliphatic carbocycles. The summed E-state index contributed by atoms with van der Waals surface area (Å²) in [6, 6.07) is 11.6. The van der Waals surface area contributed by atoms with Crippen molar-refractivity contribution in [3.8, 4) is 11.7 Å². The number of fused-ring (bicyclic) bond motifs is 1. The quantitative estimate of drug-likeness (QED) is 0.663. The maximum atomic E-state index is 12.9. The molecule has 1 aliphatic heterocycles. The first-order valence-corrected chi connectivity index (χ1v) is 9.03. The van der Waals surface area contributed by atoms with Gasteiger partial charge in [-0.3, -0.25) is 4.79 Å². The molecule has 1 atom stereocenters. The highest BCUT2D eigenvalue weighted by Gasteiger charge is 2.28. The van der Waals surface area contributed by atoms with Gasteiger partial charge in [0.2, 0.25) is 5.91 Å². The molecule has 0 saturated carbocycles. The van der Waals surface area contributed by atoms with E-state index in [2.05, 4.69) is 16.3 Å². The Kier molecular flexibility index (Phi) is 4.31. The minimum atomic E-state index is -0.323. The van der Waals surface area contributed by atoms with Crippen LogP contribution >= 0.6 is 11.8 Å². The van der Waals surface area contributed by atoms with E-state index in [-0.39, 0.29) is 11.2 Å². The predicted molar refractivity (Wildman–Crippen MR) is 94.4 cm³/mol. The Hall–Kier alpha value is -2.54. The van der Waals surface area contributed by atoms with E-state index in [1.165, 1.54) is 17.3 Å². The lowest BCUT2D eigenvalue weighted by Crippen LogP contribution is -2.40. The minimum absolute atomic E-state index is 0.0508. The van der Waals surface area contributed by atoms with Crippen molar-refractivity contribution in [2.45, 2.75) is 30.2 Å². The van der Waals surface area contributed by atoms with Crippen molar-refractivity contribution in [2.75, 3.05) is 11.4 Å². The largest absolute Gasteiger partial charge is 0.459 e. The third kappa shape index (κ3) is 3.19. The van der Waals surface area contributed by atoms with Gasteiger partial charge in [0.05, 0.1) is 11.5 Å². The highest BCUT2D eigenvalue weighted by atomic mass is 32.2. The zero-order valence-corrected chi connectivity index (χ0v) is 14.5. The first-order chi connectivity index (χ1) is 12.2. The van der Waals surface area contributed by atoms with Crippen LogP contribution in [-0.4, -0.2) is 27.9 Å². The number of nitrogens with zero attached hydrogens (tertiary/aromatic N) is 3. The molecule has 0 unspecified atom stereocenters. The van der Waals surface area contributed by atoms with Gasteiger partial charge in [0.1, 0.15) is 0 Å². The van der Waals surface area contributed by atoms with Crippen molar-refractivity contribution < 1.29 is 13.6 Å². The van der Waals surface area contributed by atoms with Crippen molar-refractivity contribution in [3.05, 3.63) is 48.2 Å². The first kappa shape index (κ1) is 16.0. The Morgan fingerprint density at radius 1 is 1.24 bits per heavy atom. The van der Waals surface area contributed by atoms with E-state index < -0.39 is 0 Å². The number of para-hydroxylation sites is 1. The van der Waals surface area contributed by atoms with Gasteiger partial charge in [0.25, 0.3) is 11.1 Å². The number of carbonyl (C=O) groups is 1. The number of anilines is 1. The molecule has 0 saturated heterocycles. The zero-order valence-electron chi connectivity index (χ0n) is 13.7. The predicted octanol–water partition coefficient (Wildman–Crippen LogP) is 3.79. The number of hydrogen-bond acceptors (Lipinski definition) is 6. The number of aromatic nitrogens is 2. The maximum Gasteiger partial charge on any atom is 0.284 e. The van der Waals surface area contributed by atoms with E-state index in [0.717, 1.165) is 25.1 Å². The molecule has 0 fully saturated rings. The molecule has 3 aromatic rings. The van der Waals surface area contributed by atoms with Crippen LogP contribution in [0.5, 0.6) is 0 Å². The van der Waals surface area contributed by atoms with Crippen molar-refractivity contribution in [2.24, 2.45) is 0 Å². The van der Waals surface area contributed by atoms with Crippen LogP contribution in [-0.2, 0) is 11.2 Å². The Morgan fingerprint density at radius 2 is 2.12 bits per heavy atom. The van der Waals surface area contributed by atoms with Crippen LogP contribution in [0.15, 0.2) is 56.7 Å². The highest BCUT2D eigenvalue weighted by molar-refractivity contribution is 8.00. The molecule has 1 aliphatic rings. The monoisotopic (exact) mass is 355 g/mol. The summed E-state index contributed by atoms with van der Waals surface area (Å²) in [5.41, 5.74) is 2.23. The van der Waals surface area contributed by atoms with Crippen LogP contribution < -0.4 is 4.90 Å². The summed E-state index contributed by atoms with van der Waals surface area (Å²) in [6.45, 7) is 2.60. The average Bonchev–Trinajstić information content (AvgIpc) is 3.32. The lowest BCUT2D eigenvalue weighted by Gasteiger charge is -2.31. The van der Waals surface area contributed by atoms with Crippen molar-refractivity contribution >= 4 is 23.4 Å². The Balaban J connectivity index is 1.48. The highest BCUT2D eigenvalue weighted by Crippen LogP contribution is 2.31. The molecule has 2 aromatic heterocycles. The first-order valence-electron chi connectivity index (χ1n) is 8.15. The molecular formula is C18H17N3O3S. The summed E-state index contributed by atoms with van der Waals surface area (Å²) in [7, 11) is 0. The molecule has 3 heterocycles. The summed E-state index contributed by atoms with van der Waals surface area (Å²) in [4.78, 5) is 14.8. The van der Waals surface area contributed by atoms with Gasteiger partial charge in [0, 0.05) is 12.2 Å². The number of furan rings is 1. The van der Waals surface area contributed by atoms with E-state index in [1.807, 2.05) is 30.0 Å². The third-order valence-electron chi connectivity index (χ3n) is 4.14. The zero-order chi connectivity index (χ0) is 17.2. The molecule has 6 nitrogen and oxygen atoms in total. The molecular weight excluding hydrogens is 338 g/mol. The number of hydrogen-bond donors (Lipinski definition) is 0. The van der Waals surface area contributed by atoms with E-state index in [1.54, 1.807) is 18.4 Å². The molecule has 0 N–H and O–H groups in total. The van der Waals surface area contributed by atoms with Gasteiger partial charge >= 0.3 is 0 Å². The van der Waals surface area contributed by atoms with Crippen molar-refractivity contribution in [1.29, 1.82) is 0 Å². The van der Waals surface area contributed by atoms with Gasteiger partial charge in [-0.25, -0.2) is 0 Å².